The lowest BCUT2D eigenvalue weighted by Gasteiger charge is -2.39. The van der Waals surface area contributed by atoms with Gasteiger partial charge in [0.2, 0.25) is 0 Å². The minimum Gasteiger partial charge on any atom is -0.462 e. The molecular weight excluding hydrogens is 700 g/mol. The summed E-state index contributed by atoms with van der Waals surface area (Å²) in [4.78, 5) is 25.3. The Hall–Kier alpha value is -2.04. The number of esters is 2. The van der Waals surface area contributed by atoms with Gasteiger partial charge < -0.3 is 39.4 Å². The average molecular weight is 781 g/mol. The molecule has 0 saturated carbocycles. The highest BCUT2D eigenvalue weighted by molar-refractivity contribution is 5.70. The summed E-state index contributed by atoms with van der Waals surface area (Å²) in [5.74, 6) is -0.851. The molecule has 0 aromatic rings. The molecule has 1 aliphatic heterocycles. The van der Waals surface area contributed by atoms with E-state index in [9.17, 15) is 30.0 Å². The van der Waals surface area contributed by atoms with Gasteiger partial charge in [-0.15, -0.1) is 5.73 Å². The summed E-state index contributed by atoms with van der Waals surface area (Å²) in [5.41, 5.74) is 3.29. The van der Waals surface area contributed by atoms with E-state index in [0.717, 1.165) is 57.8 Å². The molecular formula is C45H80O10. The van der Waals surface area contributed by atoms with Crippen LogP contribution in [0.25, 0.3) is 0 Å². The maximum Gasteiger partial charge on any atom is 0.306 e. The van der Waals surface area contributed by atoms with Crippen LogP contribution < -0.4 is 0 Å². The number of hydrogen-bond donors (Lipinski definition) is 4. The van der Waals surface area contributed by atoms with Gasteiger partial charge in [-0.1, -0.05) is 122 Å². The zero-order valence-corrected chi connectivity index (χ0v) is 34.7. The van der Waals surface area contributed by atoms with Crippen LogP contribution in [-0.2, 0) is 28.5 Å². The van der Waals surface area contributed by atoms with Gasteiger partial charge in [0, 0.05) is 12.8 Å². The lowest BCUT2D eigenvalue weighted by atomic mass is 9.99. The summed E-state index contributed by atoms with van der Waals surface area (Å²) in [7, 11) is 0. The second kappa shape index (κ2) is 36.3. The van der Waals surface area contributed by atoms with Crippen LogP contribution in [0.5, 0.6) is 0 Å². The first kappa shape index (κ1) is 51.0. The van der Waals surface area contributed by atoms with Crippen molar-refractivity contribution >= 4 is 11.9 Å². The van der Waals surface area contributed by atoms with Crippen molar-refractivity contribution < 1.29 is 49.0 Å². The fraction of sp³-hybridized carbons (Fsp3) is 0.844. The maximum absolute atomic E-state index is 12.7. The van der Waals surface area contributed by atoms with E-state index in [-0.39, 0.29) is 26.1 Å². The first-order chi connectivity index (χ1) is 26.8. The number of allylic oxidation sites excluding steroid dienone is 3. The van der Waals surface area contributed by atoms with E-state index in [2.05, 4.69) is 43.9 Å². The summed E-state index contributed by atoms with van der Waals surface area (Å²) in [6, 6.07) is 0. The lowest BCUT2D eigenvalue weighted by molar-refractivity contribution is -0.305. The minimum absolute atomic E-state index is 0.196. The van der Waals surface area contributed by atoms with Crippen molar-refractivity contribution in [3.8, 4) is 0 Å². The highest BCUT2D eigenvalue weighted by Crippen LogP contribution is 2.22. The molecule has 0 spiro atoms. The Bertz CT molecular complexity index is 1010. The topological polar surface area (TPSA) is 152 Å². The monoisotopic (exact) mass is 781 g/mol. The number of hydrogen-bond acceptors (Lipinski definition) is 10. The van der Waals surface area contributed by atoms with Gasteiger partial charge in [0.25, 0.3) is 0 Å². The molecule has 0 aromatic heterocycles. The first-order valence-corrected chi connectivity index (χ1v) is 22.2. The fourth-order valence-electron chi connectivity index (χ4n) is 6.51. The number of aliphatic hydroxyl groups is 4. The highest BCUT2D eigenvalue weighted by atomic mass is 16.7. The van der Waals surface area contributed by atoms with E-state index in [4.69, 9.17) is 18.9 Å². The fourth-order valence-corrected chi connectivity index (χ4v) is 6.51. The number of ether oxygens (including phenoxy) is 4. The molecule has 0 aliphatic carbocycles. The summed E-state index contributed by atoms with van der Waals surface area (Å²) in [6.07, 6.45) is 29.6. The van der Waals surface area contributed by atoms with Crippen LogP contribution in [0, 0.1) is 0 Å². The van der Waals surface area contributed by atoms with Gasteiger partial charge in [-0.05, 0) is 76.4 Å². The normalized spacial score (nSPS) is 20.3. The Labute approximate surface area is 334 Å². The molecule has 55 heavy (non-hydrogen) atoms. The number of carbonyl (C=O) groups is 2. The van der Waals surface area contributed by atoms with Crippen molar-refractivity contribution in [3.63, 3.8) is 0 Å². The van der Waals surface area contributed by atoms with Gasteiger partial charge in [0.05, 0.1) is 13.2 Å². The highest BCUT2D eigenvalue weighted by Gasteiger charge is 2.44. The third-order valence-corrected chi connectivity index (χ3v) is 10.1. The Kier molecular flexibility index (Phi) is 33.7. The molecule has 1 aliphatic rings. The van der Waals surface area contributed by atoms with E-state index < -0.39 is 55.4 Å². The Morgan fingerprint density at radius 3 is 1.64 bits per heavy atom. The van der Waals surface area contributed by atoms with Gasteiger partial charge in [0.1, 0.15) is 31.0 Å². The van der Waals surface area contributed by atoms with Gasteiger partial charge in [0.15, 0.2) is 12.4 Å². The Balaban J connectivity index is 2.37. The van der Waals surface area contributed by atoms with Crippen molar-refractivity contribution in [2.75, 3.05) is 19.8 Å². The third kappa shape index (κ3) is 28.1. The largest absolute Gasteiger partial charge is 0.462 e. The molecule has 0 aromatic carbocycles. The van der Waals surface area contributed by atoms with Gasteiger partial charge in [-0.3, -0.25) is 9.59 Å². The molecule has 0 radical (unpaired) electrons. The minimum atomic E-state index is -1.60. The predicted octanol–water partition coefficient (Wildman–Crippen LogP) is 9.10. The molecule has 0 bridgehead atoms. The number of carbonyl (C=O) groups excluding carboxylic acids is 2. The molecule has 4 N–H and O–H groups in total. The van der Waals surface area contributed by atoms with Crippen LogP contribution in [0.1, 0.15) is 187 Å². The van der Waals surface area contributed by atoms with E-state index in [1.165, 1.54) is 89.9 Å². The standard InChI is InChI=1S/C45H80O10/c1-3-5-7-9-11-13-15-17-19-21-23-25-27-29-31-33-40(47)52-36-38(37-53-45-44(51)43(50)42(49)39(35-46)55-45)54-41(48)34-32-30-28-26-24-22-20-18-16-14-12-10-8-6-4-2/h15,19,24,26,38-39,42-46,49-51H,3-14,16,18,20-23,25,27-37H2,1-2H3/b26-24+/t17?,38-,39-,42+,43?,44?,45-/m0/s1. The van der Waals surface area contributed by atoms with Crippen LogP contribution in [0.2, 0.25) is 0 Å². The van der Waals surface area contributed by atoms with Crippen LogP contribution in [0.4, 0.5) is 0 Å². The predicted molar refractivity (Wildman–Crippen MR) is 218 cm³/mol. The van der Waals surface area contributed by atoms with Gasteiger partial charge in [-0.2, -0.15) is 0 Å². The zero-order chi connectivity index (χ0) is 40.2. The van der Waals surface area contributed by atoms with Crippen LogP contribution >= 0.6 is 0 Å². The summed E-state index contributed by atoms with van der Waals surface area (Å²) < 4.78 is 22.1. The SMILES string of the molecule is CCCCCCCC=C=CCCCCCCCC(=O)OC[C@@H](CO[C@H]1O[C@@H](CO)[C@@H](O)C(O)C1O)OC(=O)CCCC/C=C/CCCCCCCCCCC. The second-order valence-electron chi connectivity index (χ2n) is 15.2. The lowest BCUT2D eigenvalue weighted by Crippen LogP contribution is -2.59. The molecule has 1 saturated heterocycles. The van der Waals surface area contributed by atoms with Crippen molar-refractivity contribution in [3.05, 3.63) is 30.0 Å². The molecule has 1 heterocycles. The van der Waals surface area contributed by atoms with Crippen molar-refractivity contribution in [1.82, 2.24) is 0 Å². The van der Waals surface area contributed by atoms with Gasteiger partial charge >= 0.3 is 11.9 Å². The van der Waals surface area contributed by atoms with E-state index in [0.29, 0.717) is 12.8 Å². The quantitative estimate of drug-likeness (QED) is 0.0210. The van der Waals surface area contributed by atoms with E-state index >= 15 is 0 Å². The zero-order valence-electron chi connectivity index (χ0n) is 34.7. The smallest absolute Gasteiger partial charge is 0.306 e. The van der Waals surface area contributed by atoms with Crippen molar-refractivity contribution in [2.24, 2.45) is 0 Å². The van der Waals surface area contributed by atoms with Crippen LogP contribution in [-0.4, -0.2) is 89.0 Å². The average Bonchev–Trinajstić information content (AvgIpc) is 3.18. The molecule has 10 nitrogen and oxygen atoms in total. The first-order valence-electron chi connectivity index (χ1n) is 22.2. The molecule has 1 rings (SSSR count). The molecule has 2 unspecified atom stereocenters. The molecule has 10 heteroatoms. The van der Waals surface area contributed by atoms with Crippen LogP contribution in [0.3, 0.4) is 0 Å². The summed E-state index contributed by atoms with van der Waals surface area (Å²) in [6.45, 7) is 3.36. The maximum atomic E-state index is 12.7. The third-order valence-electron chi connectivity index (χ3n) is 10.1. The number of unbranched alkanes of at least 4 members (excludes halogenated alkanes) is 21. The van der Waals surface area contributed by atoms with E-state index in [1.54, 1.807) is 0 Å². The van der Waals surface area contributed by atoms with Gasteiger partial charge in [-0.25, -0.2) is 0 Å². The second-order valence-corrected chi connectivity index (χ2v) is 15.2. The van der Waals surface area contributed by atoms with Crippen LogP contribution in [0.15, 0.2) is 30.0 Å². The molecule has 320 valence electrons. The van der Waals surface area contributed by atoms with Crippen molar-refractivity contribution in [2.45, 2.75) is 224 Å². The Morgan fingerprint density at radius 2 is 1.07 bits per heavy atom. The summed E-state index contributed by atoms with van der Waals surface area (Å²) in [5, 5.41) is 40.0. The Morgan fingerprint density at radius 1 is 0.600 bits per heavy atom. The number of rotatable bonds is 36. The molecule has 0 amide bonds. The van der Waals surface area contributed by atoms with E-state index in [1.807, 2.05) is 0 Å². The number of aliphatic hydroxyl groups excluding tert-OH is 4. The van der Waals surface area contributed by atoms with Crippen molar-refractivity contribution in [1.29, 1.82) is 0 Å². The molecule has 1 fully saturated rings. The summed E-state index contributed by atoms with van der Waals surface area (Å²) >= 11 is 0. The molecule has 6 atom stereocenters.